The van der Waals surface area contributed by atoms with E-state index in [9.17, 15) is 13.2 Å². The molecule has 3 nitrogen and oxygen atoms in total. The van der Waals surface area contributed by atoms with Gasteiger partial charge in [-0.05, 0) is 12.8 Å². The Labute approximate surface area is 112 Å². The van der Waals surface area contributed by atoms with Gasteiger partial charge in [0.15, 0.2) is 0 Å². The minimum atomic E-state index is -4.24. The number of hydrogen-bond acceptors (Lipinski definition) is 3. The molecule has 1 fully saturated rings. The summed E-state index contributed by atoms with van der Waals surface area (Å²) in [5.41, 5.74) is -0.142. The molecule has 1 saturated carbocycles. The second kappa shape index (κ2) is 8.07. The summed E-state index contributed by atoms with van der Waals surface area (Å²) < 4.78 is 46.2. The summed E-state index contributed by atoms with van der Waals surface area (Å²) in [4.78, 5) is 0. The van der Waals surface area contributed by atoms with E-state index in [2.05, 4.69) is 5.32 Å². The van der Waals surface area contributed by atoms with Crippen molar-refractivity contribution in [3.05, 3.63) is 0 Å². The quantitative estimate of drug-likeness (QED) is 0.695. The van der Waals surface area contributed by atoms with Gasteiger partial charge in [-0.1, -0.05) is 19.3 Å². The first-order valence-electron chi connectivity index (χ1n) is 6.82. The fourth-order valence-corrected chi connectivity index (χ4v) is 2.58. The number of halogens is 3. The Balaban J connectivity index is 2.36. The predicted octanol–water partition coefficient (Wildman–Crippen LogP) is 2.75. The molecule has 0 heterocycles. The van der Waals surface area contributed by atoms with Gasteiger partial charge in [-0.15, -0.1) is 0 Å². The average Bonchev–Trinajstić information content (AvgIpc) is 2.34. The molecule has 0 bridgehead atoms. The van der Waals surface area contributed by atoms with E-state index in [-0.39, 0.29) is 12.0 Å². The SMILES string of the molecule is COCCNCC1(COCC(F)(F)F)CCCCC1. The standard InChI is InChI=1S/C13H24F3NO2/c1-18-8-7-17-9-12(5-3-2-4-6-12)10-19-11-13(14,15)16/h17H,2-11H2,1H3. The predicted molar refractivity (Wildman–Crippen MR) is 67.1 cm³/mol. The first-order valence-corrected chi connectivity index (χ1v) is 6.82. The molecule has 0 spiro atoms. The molecule has 0 amide bonds. The Morgan fingerprint density at radius 2 is 1.84 bits per heavy atom. The highest BCUT2D eigenvalue weighted by molar-refractivity contribution is 4.85. The highest BCUT2D eigenvalue weighted by atomic mass is 19.4. The van der Waals surface area contributed by atoms with E-state index in [1.165, 1.54) is 6.42 Å². The average molecular weight is 283 g/mol. The lowest BCUT2D eigenvalue weighted by atomic mass is 9.74. The Kier molecular flexibility index (Phi) is 7.10. The lowest BCUT2D eigenvalue weighted by Gasteiger charge is -2.37. The molecule has 6 heteroatoms. The van der Waals surface area contributed by atoms with Crippen LogP contribution in [-0.2, 0) is 9.47 Å². The van der Waals surface area contributed by atoms with E-state index >= 15 is 0 Å². The van der Waals surface area contributed by atoms with E-state index < -0.39 is 12.8 Å². The van der Waals surface area contributed by atoms with E-state index in [1.807, 2.05) is 0 Å². The van der Waals surface area contributed by atoms with Crippen LogP contribution in [0, 0.1) is 5.41 Å². The van der Waals surface area contributed by atoms with Crippen molar-refractivity contribution in [1.29, 1.82) is 0 Å². The number of rotatable bonds is 8. The van der Waals surface area contributed by atoms with Crippen LogP contribution in [0.25, 0.3) is 0 Å². The van der Waals surface area contributed by atoms with Crippen molar-refractivity contribution in [2.24, 2.45) is 5.41 Å². The molecule has 0 saturated heterocycles. The number of methoxy groups -OCH3 is 1. The highest BCUT2D eigenvalue weighted by Crippen LogP contribution is 2.36. The molecule has 0 unspecified atom stereocenters. The van der Waals surface area contributed by atoms with Crippen molar-refractivity contribution in [3.8, 4) is 0 Å². The van der Waals surface area contributed by atoms with Crippen LogP contribution in [0.15, 0.2) is 0 Å². The first kappa shape index (κ1) is 16.7. The molecular weight excluding hydrogens is 259 g/mol. The van der Waals surface area contributed by atoms with Gasteiger partial charge in [0.05, 0.1) is 13.2 Å². The summed E-state index contributed by atoms with van der Waals surface area (Å²) in [5, 5.41) is 3.26. The first-order chi connectivity index (χ1) is 8.97. The fourth-order valence-electron chi connectivity index (χ4n) is 2.58. The Hall–Kier alpha value is -0.330. The summed E-state index contributed by atoms with van der Waals surface area (Å²) in [5.74, 6) is 0. The smallest absolute Gasteiger partial charge is 0.383 e. The van der Waals surface area contributed by atoms with Crippen LogP contribution >= 0.6 is 0 Å². The van der Waals surface area contributed by atoms with Crippen LogP contribution in [-0.4, -0.2) is 46.2 Å². The van der Waals surface area contributed by atoms with Gasteiger partial charge in [-0.25, -0.2) is 0 Å². The molecule has 0 aliphatic heterocycles. The molecule has 0 aromatic rings. The van der Waals surface area contributed by atoms with Gasteiger partial charge in [0.2, 0.25) is 0 Å². The van der Waals surface area contributed by atoms with Gasteiger partial charge in [0.25, 0.3) is 0 Å². The molecule has 1 aliphatic rings. The van der Waals surface area contributed by atoms with Gasteiger partial charge in [-0.3, -0.25) is 0 Å². The zero-order chi connectivity index (χ0) is 14.2. The molecule has 114 valence electrons. The molecule has 1 N–H and O–H groups in total. The molecule has 0 aromatic heterocycles. The molecular formula is C13H24F3NO2. The van der Waals surface area contributed by atoms with Crippen LogP contribution in [0.4, 0.5) is 13.2 Å². The van der Waals surface area contributed by atoms with Crippen molar-refractivity contribution in [1.82, 2.24) is 5.32 Å². The van der Waals surface area contributed by atoms with Crippen molar-refractivity contribution < 1.29 is 22.6 Å². The summed E-state index contributed by atoms with van der Waals surface area (Å²) in [6.45, 7) is 1.07. The monoisotopic (exact) mass is 283 g/mol. The molecule has 0 radical (unpaired) electrons. The van der Waals surface area contributed by atoms with E-state index in [0.717, 1.165) is 32.2 Å². The number of hydrogen-bond donors (Lipinski definition) is 1. The third kappa shape index (κ3) is 7.13. The third-order valence-corrected chi connectivity index (χ3v) is 3.57. The largest absolute Gasteiger partial charge is 0.411 e. The second-order valence-electron chi connectivity index (χ2n) is 5.34. The number of ether oxygens (including phenoxy) is 2. The molecule has 19 heavy (non-hydrogen) atoms. The summed E-state index contributed by atoms with van der Waals surface area (Å²) in [7, 11) is 1.63. The van der Waals surface area contributed by atoms with Crippen molar-refractivity contribution >= 4 is 0 Å². The highest BCUT2D eigenvalue weighted by Gasteiger charge is 2.34. The maximum atomic E-state index is 12.1. The Morgan fingerprint density at radius 1 is 1.16 bits per heavy atom. The van der Waals surface area contributed by atoms with Gasteiger partial charge in [-0.2, -0.15) is 13.2 Å². The maximum absolute atomic E-state index is 12.1. The van der Waals surface area contributed by atoms with Crippen LogP contribution < -0.4 is 5.32 Å². The minimum absolute atomic E-state index is 0.142. The van der Waals surface area contributed by atoms with Crippen molar-refractivity contribution in [2.45, 2.75) is 38.3 Å². The van der Waals surface area contributed by atoms with Crippen LogP contribution in [0.2, 0.25) is 0 Å². The molecule has 1 rings (SSSR count). The number of nitrogens with one attached hydrogen (secondary N) is 1. The molecule has 0 atom stereocenters. The van der Waals surface area contributed by atoms with Crippen molar-refractivity contribution in [2.75, 3.05) is 40.0 Å². The third-order valence-electron chi connectivity index (χ3n) is 3.57. The van der Waals surface area contributed by atoms with Crippen LogP contribution in [0.5, 0.6) is 0 Å². The fraction of sp³-hybridized carbons (Fsp3) is 1.00. The Bertz CT molecular complexity index is 241. The molecule has 0 aromatic carbocycles. The number of alkyl halides is 3. The second-order valence-corrected chi connectivity index (χ2v) is 5.34. The zero-order valence-corrected chi connectivity index (χ0v) is 11.5. The van der Waals surface area contributed by atoms with E-state index in [4.69, 9.17) is 9.47 Å². The topological polar surface area (TPSA) is 30.5 Å². The lowest BCUT2D eigenvalue weighted by Crippen LogP contribution is -2.41. The van der Waals surface area contributed by atoms with Gasteiger partial charge in [0.1, 0.15) is 6.61 Å². The van der Waals surface area contributed by atoms with Gasteiger partial charge in [0, 0.05) is 25.6 Å². The molecule has 1 aliphatic carbocycles. The maximum Gasteiger partial charge on any atom is 0.411 e. The van der Waals surface area contributed by atoms with E-state index in [0.29, 0.717) is 13.2 Å². The van der Waals surface area contributed by atoms with Crippen LogP contribution in [0.3, 0.4) is 0 Å². The van der Waals surface area contributed by atoms with Gasteiger partial charge >= 0.3 is 6.18 Å². The zero-order valence-electron chi connectivity index (χ0n) is 11.5. The normalized spacial score (nSPS) is 19.6. The Morgan fingerprint density at radius 3 is 2.42 bits per heavy atom. The summed E-state index contributed by atoms with van der Waals surface area (Å²) in [6.07, 6.45) is 0.941. The summed E-state index contributed by atoms with van der Waals surface area (Å²) in [6, 6.07) is 0. The lowest BCUT2D eigenvalue weighted by molar-refractivity contribution is -0.182. The van der Waals surface area contributed by atoms with Gasteiger partial charge < -0.3 is 14.8 Å². The van der Waals surface area contributed by atoms with E-state index in [1.54, 1.807) is 7.11 Å². The van der Waals surface area contributed by atoms with Crippen molar-refractivity contribution in [3.63, 3.8) is 0 Å². The summed E-state index contributed by atoms with van der Waals surface area (Å²) >= 11 is 0. The van der Waals surface area contributed by atoms with Crippen LogP contribution in [0.1, 0.15) is 32.1 Å². The minimum Gasteiger partial charge on any atom is -0.383 e.